The Hall–Kier alpha value is -3.77. The summed E-state index contributed by atoms with van der Waals surface area (Å²) in [6.07, 6.45) is 4.79. The van der Waals surface area contributed by atoms with Gasteiger partial charge >= 0.3 is 0 Å². The number of nitrogens with one attached hydrogen (secondary N) is 3. The number of Topliss-reactive ketones (excluding diaryl/α,β-unsaturated/α-hetero) is 1. The van der Waals surface area contributed by atoms with Gasteiger partial charge in [-0.25, -0.2) is 5.43 Å². The van der Waals surface area contributed by atoms with Crippen molar-refractivity contribution in [3.8, 4) is 0 Å². The van der Waals surface area contributed by atoms with Crippen molar-refractivity contribution < 1.29 is 9.59 Å². The molecule has 1 amide bonds. The molecule has 6 nitrogen and oxygen atoms in total. The molecule has 0 aliphatic carbocycles. The highest BCUT2D eigenvalue weighted by molar-refractivity contribution is 6.10. The van der Waals surface area contributed by atoms with E-state index < -0.39 is 6.04 Å². The van der Waals surface area contributed by atoms with Crippen LogP contribution in [0, 0.1) is 0 Å². The van der Waals surface area contributed by atoms with E-state index in [4.69, 9.17) is 0 Å². The molecule has 28 heavy (non-hydrogen) atoms. The van der Waals surface area contributed by atoms with Gasteiger partial charge in [0, 0.05) is 40.6 Å². The molecule has 0 spiro atoms. The van der Waals surface area contributed by atoms with E-state index in [9.17, 15) is 9.59 Å². The average Bonchev–Trinajstić information content (AvgIpc) is 3.19. The van der Waals surface area contributed by atoms with Crippen LogP contribution in [-0.4, -0.2) is 21.7 Å². The Bertz CT molecular complexity index is 1110. The maximum absolute atomic E-state index is 13.3. The smallest absolute Gasteiger partial charge is 0.265 e. The maximum Gasteiger partial charge on any atom is 0.265 e. The van der Waals surface area contributed by atoms with E-state index in [-0.39, 0.29) is 11.7 Å². The van der Waals surface area contributed by atoms with Crippen LogP contribution in [0.3, 0.4) is 0 Å². The molecule has 2 aromatic carbocycles. The van der Waals surface area contributed by atoms with Crippen LogP contribution < -0.4 is 10.9 Å². The number of rotatable bonds is 6. The molecule has 4 rings (SSSR count). The summed E-state index contributed by atoms with van der Waals surface area (Å²) in [5.74, 6) is -0.478. The third-order valence-corrected chi connectivity index (χ3v) is 4.52. The Balaban J connectivity index is 1.62. The number of carbonyl (C=O) groups excluding carboxylic acids is 2. The Kier molecular flexibility index (Phi) is 4.95. The number of para-hydroxylation sites is 1. The Morgan fingerprint density at radius 1 is 0.893 bits per heavy atom. The van der Waals surface area contributed by atoms with E-state index in [1.54, 1.807) is 30.7 Å². The number of nitrogens with zero attached hydrogens (tertiary/aromatic N) is 1. The second-order valence-corrected chi connectivity index (χ2v) is 6.29. The molecule has 2 heterocycles. The molecular weight excluding hydrogens is 352 g/mol. The first-order valence-corrected chi connectivity index (χ1v) is 8.85. The van der Waals surface area contributed by atoms with E-state index in [0.717, 1.165) is 16.5 Å². The van der Waals surface area contributed by atoms with Crippen molar-refractivity contribution >= 4 is 22.6 Å². The van der Waals surface area contributed by atoms with Gasteiger partial charge in [0.1, 0.15) is 6.04 Å². The maximum atomic E-state index is 13.3. The molecule has 0 bridgehead atoms. The molecule has 0 saturated heterocycles. The third kappa shape index (κ3) is 3.54. The molecule has 2 aromatic heterocycles. The van der Waals surface area contributed by atoms with E-state index in [0.29, 0.717) is 11.1 Å². The summed E-state index contributed by atoms with van der Waals surface area (Å²) >= 11 is 0. The number of ketones is 1. The summed E-state index contributed by atoms with van der Waals surface area (Å²) < 4.78 is 0. The summed E-state index contributed by atoms with van der Waals surface area (Å²) in [6.45, 7) is 0. The van der Waals surface area contributed by atoms with Crippen LogP contribution >= 0.6 is 0 Å². The molecule has 0 fully saturated rings. The minimum atomic E-state index is -0.730. The number of carbonyl (C=O) groups is 2. The minimum absolute atomic E-state index is 0.140. The van der Waals surface area contributed by atoms with Crippen LogP contribution in [0.4, 0.5) is 0 Å². The van der Waals surface area contributed by atoms with Gasteiger partial charge in [-0.1, -0.05) is 48.5 Å². The van der Waals surface area contributed by atoms with Gasteiger partial charge in [-0.2, -0.15) is 0 Å². The van der Waals surface area contributed by atoms with Gasteiger partial charge < -0.3 is 4.98 Å². The van der Waals surface area contributed by atoms with Gasteiger partial charge in [-0.05, 0) is 23.8 Å². The number of benzene rings is 2. The lowest BCUT2D eigenvalue weighted by molar-refractivity contribution is 0.0884. The fourth-order valence-corrected chi connectivity index (χ4v) is 3.09. The lowest BCUT2D eigenvalue weighted by atomic mass is 9.97. The van der Waals surface area contributed by atoms with Crippen LogP contribution in [0.25, 0.3) is 10.9 Å². The first-order chi connectivity index (χ1) is 13.7. The number of hydrazine groups is 1. The molecule has 0 aliphatic rings. The van der Waals surface area contributed by atoms with Crippen LogP contribution in [0.2, 0.25) is 0 Å². The lowest BCUT2D eigenvalue weighted by Gasteiger charge is -2.18. The highest BCUT2D eigenvalue weighted by Crippen LogP contribution is 2.24. The van der Waals surface area contributed by atoms with E-state index in [1.807, 2.05) is 54.6 Å². The van der Waals surface area contributed by atoms with Gasteiger partial charge in [-0.3, -0.25) is 20.0 Å². The molecule has 4 aromatic rings. The number of aromatic amines is 1. The average molecular weight is 370 g/mol. The van der Waals surface area contributed by atoms with Crippen molar-refractivity contribution in [2.75, 3.05) is 0 Å². The van der Waals surface area contributed by atoms with Crippen LogP contribution in [0.1, 0.15) is 32.3 Å². The summed E-state index contributed by atoms with van der Waals surface area (Å²) in [4.78, 5) is 32.7. The quantitative estimate of drug-likeness (QED) is 0.358. The molecule has 6 heteroatoms. The predicted molar refractivity (Wildman–Crippen MR) is 107 cm³/mol. The van der Waals surface area contributed by atoms with Gasteiger partial charge in [-0.15, -0.1) is 0 Å². The zero-order chi connectivity index (χ0) is 19.3. The van der Waals surface area contributed by atoms with Crippen molar-refractivity contribution in [2.24, 2.45) is 0 Å². The number of amides is 1. The standard InChI is InChI=1S/C22H18N4O2/c27-21(18-14-24-19-9-5-4-8-17(18)19)20(15-6-2-1-3-7-15)25-26-22(28)16-10-12-23-13-11-16/h1-14,20,24-25H,(H,26,28). The summed E-state index contributed by atoms with van der Waals surface area (Å²) in [7, 11) is 0. The SMILES string of the molecule is O=C(NNC(C(=O)c1c[nH]c2ccccc12)c1ccccc1)c1ccncc1. The molecule has 1 unspecified atom stereocenters. The van der Waals surface area contributed by atoms with Crippen molar-refractivity contribution in [3.05, 3.63) is 102 Å². The Morgan fingerprint density at radius 3 is 2.39 bits per heavy atom. The molecule has 0 radical (unpaired) electrons. The first-order valence-electron chi connectivity index (χ1n) is 8.85. The second kappa shape index (κ2) is 7.85. The fraction of sp³-hybridized carbons (Fsp3) is 0.0455. The van der Waals surface area contributed by atoms with Crippen molar-refractivity contribution in [1.29, 1.82) is 0 Å². The molecule has 138 valence electrons. The normalized spacial score (nSPS) is 11.9. The number of fused-ring (bicyclic) bond motifs is 1. The molecule has 3 N–H and O–H groups in total. The highest BCUT2D eigenvalue weighted by Gasteiger charge is 2.24. The number of hydrogen-bond acceptors (Lipinski definition) is 4. The monoisotopic (exact) mass is 370 g/mol. The van der Waals surface area contributed by atoms with Crippen LogP contribution in [0.5, 0.6) is 0 Å². The van der Waals surface area contributed by atoms with E-state index >= 15 is 0 Å². The molecule has 0 saturated carbocycles. The van der Waals surface area contributed by atoms with Crippen molar-refractivity contribution in [3.63, 3.8) is 0 Å². The van der Waals surface area contributed by atoms with Crippen LogP contribution in [-0.2, 0) is 0 Å². The largest absolute Gasteiger partial charge is 0.360 e. The summed E-state index contributed by atoms with van der Waals surface area (Å²) in [5, 5.41) is 0.843. The predicted octanol–water partition coefficient (Wildman–Crippen LogP) is 3.42. The minimum Gasteiger partial charge on any atom is -0.360 e. The fourth-order valence-electron chi connectivity index (χ4n) is 3.09. The molecular formula is C22H18N4O2. The lowest BCUT2D eigenvalue weighted by Crippen LogP contribution is -2.43. The number of aromatic nitrogens is 2. The topological polar surface area (TPSA) is 86.9 Å². The first kappa shape index (κ1) is 17.6. The van der Waals surface area contributed by atoms with Crippen molar-refractivity contribution in [1.82, 2.24) is 20.8 Å². The van der Waals surface area contributed by atoms with E-state index in [2.05, 4.69) is 20.8 Å². The summed E-state index contributed by atoms with van der Waals surface area (Å²) in [5.41, 5.74) is 8.21. The van der Waals surface area contributed by atoms with Crippen molar-refractivity contribution in [2.45, 2.75) is 6.04 Å². The van der Waals surface area contributed by atoms with Gasteiger partial charge in [0.15, 0.2) is 5.78 Å². The Morgan fingerprint density at radius 2 is 1.61 bits per heavy atom. The number of H-pyrrole nitrogens is 1. The van der Waals surface area contributed by atoms with Gasteiger partial charge in [0.2, 0.25) is 0 Å². The number of hydrogen-bond donors (Lipinski definition) is 3. The highest BCUT2D eigenvalue weighted by atomic mass is 16.2. The third-order valence-electron chi connectivity index (χ3n) is 4.52. The number of pyridine rings is 1. The van der Waals surface area contributed by atoms with Gasteiger partial charge in [0.05, 0.1) is 0 Å². The van der Waals surface area contributed by atoms with Crippen LogP contribution in [0.15, 0.2) is 85.3 Å². The zero-order valence-corrected chi connectivity index (χ0v) is 14.9. The van der Waals surface area contributed by atoms with E-state index in [1.165, 1.54) is 0 Å². The molecule has 0 aliphatic heterocycles. The summed E-state index contributed by atoms with van der Waals surface area (Å²) in [6, 6.07) is 19.4. The van der Waals surface area contributed by atoms with Gasteiger partial charge in [0.25, 0.3) is 5.91 Å². The zero-order valence-electron chi connectivity index (χ0n) is 14.9. The second-order valence-electron chi connectivity index (χ2n) is 6.29. The Labute approximate surface area is 161 Å². The molecule has 1 atom stereocenters.